The summed E-state index contributed by atoms with van der Waals surface area (Å²) in [4.78, 5) is 11.5. The molecule has 1 N–H and O–H groups in total. The van der Waals surface area contributed by atoms with E-state index in [4.69, 9.17) is 4.74 Å². The van der Waals surface area contributed by atoms with Gasteiger partial charge in [-0.3, -0.25) is 4.79 Å². The van der Waals surface area contributed by atoms with Gasteiger partial charge < -0.3 is 4.74 Å². The standard InChI is InChI=1S/C17H19NO4S/c1-12-7-8-17(22-3)15(9-12)11-18-23(20,21)16-6-4-5-14(10-16)13(2)19/h4-10,18H,11H2,1-3H3. The smallest absolute Gasteiger partial charge is 0.240 e. The predicted octanol–water partition coefficient (Wildman–Crippen LogP) is 2.68. The zero-order valence-electron chi connectivity index (χ0n) is 13.3. The number of Topliss-reactive ketones (excluding diaryl/α,β-unsaturated/α-hetero) is 1. The predicted molar refractivity (Wildman–Crippen MR) is 88.2 cm³/mol. The second-order valence-corrected chi connectivity index (χ2v) is 6.99. The molecule has 0 unspecified atom stereocenters. The number of ether oxygens (including phenoxy) is 1. The van der Waals surface area contributed by atoms with E-state index in [0.29, 0.717) is 11.3 Å². The first-order valence-electron chi connectivity index (χ1n) is 7.07. The number of sulfonamides is 1. The first-order valence-corrected chi connectivity index (χ1v) is 8.56. The molecule has 2 rings (SSSR count). The Bertz CT molecular complexity index is 828. The summed E-state index contributed by atoms with van der Waals surface area (Å²) in [5.41, 5.74) is 2.12. The maximum absolute atomic E-state index is 12.4. The van der Waals surface area contributed by atoms with Crippen molar-refractivity contribution >= 4 is 15.8 Å². The number of carbonyl (C=O) groups is 1. The fraction of sp³-hybridized carbons (Fsp3) is 0.235. The van der Waals surface area contributed by atoms with E-state index in [0.717, 1.165) is 11.1 Å². The molecule has 2 aromatic carbocycles. The molecule has 0 fully saturated rings. The lowest BCUT2D eigenvalue weighted by Crippen LogP contribution is -2.23. The summed E-state index contributed by atoms with van der Waals surface area (Å²) >= 11 is 0. The van der Waals surface area contributed by atoms with Gasteiger partial charge in [0.25, 0.3) is 0 Å². The van der Waals surface area contributed by atoms with Crippen LogP contribution < -0.4 is 9.46 Å². The third-order valence-electron chi connectivity index (χ3n) is 3.44. The summed E-state index contributed by atoms with van der Waals surface area (Å²) in [6.45, 7) is 3.43. The minimum absolute atomic E-state index is 0.0665. The van der Waals surface area contributed by atoms with Crippen LogP contribution in [-0.4, -0.2) is 21.3 Å². The van der Waals surface area contributed by atoms with Gasteiger partial charge in [-0.1, -0.05) is 29.8 Å². The van der Waals surface area contributed by atoms with E-state index in [-0.39, 0.29) is 17.2 Å². The summed E-state index contributed by atoms with van der Waals surface area (Å²) in [7, 11) is -2.17. The van der Waals surface area contributed by atoms with Crippen LogP contribution >= 0.6 is 0 Å². The highest BCUT2D eigenvalue weighted by molar-refractivity contribution is 7.89. The number of nitrogens with one attached hydrogen (secondary N) is 1. The van der Waals surface area contributed by atoms with Crippen molar-refractivity contribution in [3.05, 3.63) is 59.2 Å². The first kappa shape index (κ1) is 17.2. The van der Waals surface area contributed by atoms with Crippen LogP contribution in [0.25, 0.3) is 0 Å². The van der Waals surface area contributed by atoms with Gasteiger partial charge in [0.15, 0.2) is 5.78 Å². The average molecular weight is 333 g/mol. The van der Waals surface area contributed by atoms with Crippen LogP contribution in [0.15, 0.2) is 47.4 Å². The van der Waals surface area contributed by atoms with Gasteiger partial charge in [-0.05, 0) is 32.0 Å². The van der Waals surface area contributed by atoms with Crippen molar-refractivity contribution in [1.82, 2.24) is 4.72 Å². The van der Waals surface area contributed by atoms with Gasteiger partial charge in [0.2, 0.25) is 10.0 Å². The van der Waals surface area contributed by atoms with Crippen molar-refractivity contribution in [2.24, 2.45) is 0 Å². The van der Waals surface area contributed by atoms with E-state index in [2.05, 4.69) is 4.72 Å². The van der Waals surface area contributed by atoms with E-state index in [9.17, 15) is 13.2 Å². The number of hydrogen-bond acceptors (Lipinski definition) is 4. The summed E-state index contributed by atoms with van der Waals surface area (Å²) in [5.74, 6) is 0.443. The molecule has 23 heavy (non-hydrogen) atoms. The molecule has 0 aliphatic heterocycles. The summed E-state index contributed by atoms with van der Waals surface area (Å²) in [6, 6.07) is 11.5. The Balaban J connectivity index is 2.24. The molecule has 0 saturated carbocycles. The van der Waals surface area contributed by atoms with Crippen LogP contribution in [0.4, 0.5) is 0 Å². The number of rotatable bonds is 6. The van der Waals surface area contributed by atoms with Crippen molar-refractivity contribution in [2.75, 3.05) is 7.11 Å². The molecule has 0 heterocycles. The van der Waals surface area contributed by atoms with Crippen molar-refractivity contribution in [2.45, 2.75) is 25.3 Å². The van der Waals surface area contributed by atoms with E-state index in [1.54, 1.807) is 25.3 Å². The van der Waals surface area contributed by atoms with E-state index >= 15 is 0 Å². The second kappa shape index (κ2) is 6.93. The zero-order valence-corrected chi connectivity index (χ0v) is 14.1. The van der Waals surface area contributed by atoms with E-state index in [1.165, 1.54) is 19.1 Å². The van der Waals surface area contributed by atoms with Crippen LogP contribution in [0.3, 0.4) is 0 Å². The lowest BCUT2D eigenvalue weighted by atomic mass is 10.1. The normalized spacial score (nSPS) is 11.3. The van der Waals surface area contributed by atoms with Crippen molar-refractivity contribution < 1.29 is 17.9 Å². The van der Waals surface area contributed by atoms with Crippen LogP contribution in [-0.2, 0) is 16.6 Å². The quantitative estimate of drug-likeness (QED) is 0.825. The highest BCUT2D eigenvalue weighted by Gasteiger charge is 2.16. The maximum Gasteiger partial charge on any atom is 0.240 e. The third kappa shape index (κ3) is 4.18. The van der Waals surface area contributed by atoms with Gasteiger partial charge in [0, 0.05) is 17.7 Å². The minimum atomic E-state index is -3.71. The number of ketones is 1. The fourth-order valence-corrected chi connectivity index (χ4v) is 3.24. The van der Waals surface area contributed by atoms with Gasteiger partial charge in [-0.15, -0.1) is 0 Å². The molecule has 0 aliphatic rings. The van der Waals surface area contributed by atoms with Crippen LogP contribution in [0.2, 0.25) is 0 Å². The van der Waals surface area contributed by atoms with Crippen molar-refractivity contribution in [1.29, 1.82) is 0 Å². The van der Waals surface area contributed by atoms with Crippen molar-refractivity contribution in [3.8, 4) is 5.75 Å². The topological polar surface area (TPSA) is 72.5 Å². The van der Waals surface area contributed by atoms with Crippen LogP contribution in [0.5, 0.6) is 5.75 Å². The molecule has 122 valence electrons. The molecule has 0 amide bonds. The first-order chi connectivity index (χ1) is 10.8. The van der Waals surface area contributed by atoms with E-state index in [1.807, 2.05) is 19.1 Å². The van der Waals surface area contributed by atoms with Crippen LogP contribution in [0.1, 0.15) is 28.4 Å². The molecular formula is C17H19NO4S. The molecule has 6 heteroatoms. The molecule has 2 aromatic rings. The summed E-state index contributed by atoms with van der Waals surface area (Å²) in [5, 5.41) is 0. The molecule has 0 radical (unpaired) electrons. The Morgan fingerprint density at radius 1 is 1.17 bits per heavy atom. The van der Waals surface area contributed by atoms with Gasteiger partial charge in [0.05, 0.1) is 12.0 Å². The molecule has 0 spiro atoms. The molecule has 0 atom stereocenters. The number of methoxy groups -OCH3 is 1. The fourth-order valence-electron chi connectivity index (χ4n) is 2.18. The molecule has 0 aliphatic carbocycles. The SMILES string of the molecule is COc1ccc(C)cc1CNS(=O)(=O)c1cccc(C(C)=O)c1. The molecule has 0 saturated heterocycles. The Morgan fingerprint density at radius 2 is 1.91 bits per heavy atom. The maximum atomic E-state index is 12.4. The number of benzene rings is 2. The van der Waals surface area contributed by atoms with Crippen LogP contribution in [0, 0.1) is 6.92 Å². The largest absolute Gasteiger partial charge is 0.496 e. The van der Waals surface area contributed by atoms with Gasteiger partial charge in [0.1, 0.15) is 5.75 Å². The minimum Gasteiger partial charge on any atom is -0.496 e. The summed E-state index contributed by atoms with van der Waals surface area (Å²) < 4.78 is 32.6. The number of aryl methyl sites for hydroxylation is 1. The molecular weight excluding hydrogens is 314 g/mol. The molecule has 5 nitrogen and oxygen atoms in total. The van der Waals surface area contributed by atoms with Gasteiger partial charge >= 0.3 is 0 Å². The molecule has 0 bridgehead atoms. The lowest BCUT2D eigenvalue weighted by molar-refractivity contribution is 0.101. The number of hydrogen-bond donors (Lipinski definition) is 1. The van der Waals surface area contributed by atoms with Gasteiger partial charge in [-0.2, -0.15) is 0 Å². The Morgan fingerprint density at radius 3 is 2.57 bits per heavy atom. The van der Waals surface area contributed by atoms with E-state index < -0.39 is 10.0 Å². The Hall–Kier alpha value is -2.18. The third-order valence-corrected chi connectivity index (χ3v) is 4.84. The van der Waals surface area contributed by atoms with Crippen molar-refractivity contribution in [3.63, 3.8) is 0 Å². The molecule has 0 aromatic heterocycles. The Kier molecular flexibility index (Phi) is 5.18. The highest BCUT2D eigenvalue weighted by atomic mass is 32.2. The second-order valence-electron chi connectivity index (χ2n) is 5.22. The summed E-state index contributed by atoms with van der Waals surface area (Å²) in [6.07, 6.45) is 0. The lowest BCUT2D eigenvalue weighted by Gasteiger charge is -2.11. The highest BCUT2D eigenvalue weighted by Crippen LogP contribution is 2.20. The zero-order chi connectivity index (χ0) is 17.0. The Labute approximate surface area is 136 Å². The van der Waals surface area contributed by atoms with Gasteiger partial charge in [-0.25, -0.2) is 13.1 Å². The number of carbonyl (C=O) groups excluding carboxylic acids is 1. The monoisotopic (exact) mass is 333 g/mol. The average Bonchev–Trinajstić information content (AvgIpc) is 2.53.